The zero-order valence-electron chi connectivity index (χ0n) is 26.8. The predicted octanol–water partition coefficient (Wildman–Crippen LogP) is 4.53. The van der Waals surface area contributed by atoms with Crippen molar-refractivity contribution in [2.45, 2.75) is 43.9 Å². The van der Waals surface area contributed by atoms with Gasteiger partial charge in [0.15, 0.2) is 0 Å². The van der Waals surface area contributed by atoms with Crippen molar-refractivity contribution in [1.29, 1.82) is 0 Å². The summed E-state index contributed by atoms with van der Waals surface area (Å²) >= 11 is 1.77. The van der Waals surface area contributed by atoms with Crippen molar-refractivity contribution in [2.24, 2.45) is 13.0 Å². The number of rotatable bonds is 8. The Labute approximate surface area is 277 Å². The molecule has 244 valence electrons. The summed E-state index contributed by atoms with van der Waals surface area (Å²) in [5.41, 5.74) is 1.65. The Balaban J connectivity index is 1.01. The SMILES string of the molecule is COc1ccc(-c2ccc(CN3CC[C@@H](C(=O)N4CCC(O)(Cn5cnc6c(ccn6C)c5=O)CC4)[C@H](c4ccccc4)C3)s2)cn1. The van der Waals surface area contributed by atoms with Crippen LogP contribution in [0.2, 0.25) is 0 Å². The summed E-state index contributed by atoms with van der Waals surface area (Å²) in [5.74, 6) is 0.711. The number of aryl methyl sites for hydroxylation is 1. The van der Waals surface area contributed by atoms with E-state index in [0.717, 1.165) is 31.6 Å². The number of carbonyl (C=O) groups excluding carboxylic acids is 1. The molecule has 1 N–H and O–H groups in total. The Hall–Kier alpha value is -4.32. The number of fused-ring (bicyclic) bond motifs is 1. The molecule has 4 aromatic heterocycles. The molecule has 0 aliphatic carbocycles. The van der Waals surface area contributed by atoms with Crippen molar-refractivity contribution in [3.8, 4) is 16.3 Å². The van der Waals surface area contributed by atoms with E-state index in [1.807, 2.05) is 47.1 Å². The number of amides is 1. The van der Waals surface area contributed by atoms with Gasteiger partial charge in [-0.05, 0) is 55.6 Å². The molecule has 0 spiro atoms. The molecule has 2 saturated heterocycles. The predicted molar refractivity (Wildman–Crippen MR) is 182 cm³/mol. The van der Waals surface area contributed by atoms with Gasteiger partial charge < -0.3 is 19.3 Å². The largest absolute Gasteiger partial charge is 0.481 e. The van der Waals surface area contributed by atoms with Crippen LogP contribution >= 0.6 is 11.3 Å². The van der Waals surface area contributed by atoms with E-state index >= 15 is 0 Å². The summed E-state index contributed by atoms with van der Waals surface area (Å²) in [6.45, 7) is 3.56. The topological polar surface area (TPSA) is 106 Å². The summed E-state index contributed by atoms with van der Waals surface area (Å²) in [6, 6.07) is 20.4. The highest BCUT2D eigenvalue weighted by Gasteiger charge is 2.41. The van der Waals surface area contributed by atoms with Gasteiger partial charge in [-0.1, -0.05) is 30.3 Å². The van der Waals surface area contributed by atoms with E-state index in [9.17, 15) is 14.7 Å². The van der Waals surface area contributed by atoms with Crippen molar-refractivity contribution in [2.75, 3.05) is 33.3 Å². The highest BCUT2D eigenvalue weighted by atomic mass is 32.1. The molecule has 47 heavy (non-hydrogen) atoms. The number of hydrogen-bond acceptors (Lipinski definition) is 8. The monoisotopic (exact) mass is 652 g/mol. The maximum atomic E-state index is 14.1. The molecule has 10 nitrogen and oxygen atoms in total. The minimum atomic E-state index is -1.08. The maximum absolute atomic E-state index is 14.1. The Kier molecular flexibility index (Phi) is 8.69. The summed E-state index contributed by atoms with van der Waals surface area (Å²) in [7, 11) is 3.47. The van der Waals surface area contributed by atoms with Gasteiger partial charge >= 0.3 is 0 Å². The van der Waals surface area contributed by atoms with E-state index < -0.39 is 5.60 Å². The summed E-state index contributed by atoms with van der Waals surface area (Å²) in [5, 5.41) is 12.0. The number of likely N-dealkylation sites (tertiary alicyclic amines) is 2. The van der Waals surface area contributed by atoms with Crippen LogP contribution in [0.25, 0.3) is 21.5 Å². The molecule has 2 fully saturated rings. The van der Waals surface area contributed by atoms with Crippen molar-refractivity contribution >= 4 is 28.3 Å². The number of pyridine rings is 1. The number of nitrogens with zero attached hydrogens (tertiary/aromatic N) is 6. The van der Waals surface area contributed by atoms with Gasteiger partial charge in [0, 0.05) is 78.8 Å². The van der Waals surface area contributed by atoms with Crippen molar-refractivity contribution in [1.82, 2.24) is 28.9 Å². The first kappa shape index (κ1) is 31.3. The van der Waals surface area contributed by atoms with Crippen LogP contribution in [-0.2, 0) is 24.9 Å². The summed E-state index contributed by atoms with van der Waals surface area (Å²) in [6.07, 6.45) is 6.78. The fourth-order valence-corrected chi connectivity index (χ4v) is 8.17. The quantitative estimate of drug-likeness (QED) is 0.263. The second-order valence-electron chi connectivity index (χ2n) is 12.9. The summed E-state index contributed by atoms with van der Waals surface area (Å²) < 4.78 is 8.52. The maximum Gasteiger partial charge on any atom is 0.262 e. The number of benzene rings is 1. The molecule has 1 amide bonds. The Morgan fingerprint density at radius 2 is 1.85 bits per heavy atom. The third kappa shape index (κ3) is 6.47. The van der Waals surface area contributed by atoms with Gasteiger partial charge in [0.2, 0.25) is 11.8 Å². The smallest absolute Gasteiger partial charge is 0.262 e. The zero-order valence-corrected chi connectivity index (χ0v) is 27.6. The highest BCUT2D eigenvalue weighted by molar-refractivity contribution is 7.15. The minimum absolute atomic E-state index is 0.0748. The first-order valence-electron chi connectivity index (χ1n) is 16.2. The van der Waals surface area contributed by atoms with Gasteiger partial charge in [-0.3, -0.25) is 19.1 Å². The highest BCUT2D eigenvalue weighted by Crippen LogP contribution is 2.37. The number of carbonyl (C=O) groups is 1. The number of methoxy groups -OCH3 is 1. The van der Waals surface area contributed by atoms with Gasteiger partial charge in [0.1, 0.15) is 12.0 Å². The van der Waals surface area contributed by atoms with Gasteiger partial charge in [-0.25, -0.2) is 9.97 Å². The van der Waals surface area contributed by atoms with E-state index in [1.54, 1.807) is 24.5 Å². The fourth-order valence-electron chi connectivity index (χ4n) is 7.13. The van der Waals surface area contributed by atoms with Crippen molar-refractivity contribution in [3.05, 3.63) is 100 Å². The number of aromatic nitrogens is 4. The third-order valence-corrected chi connectivity index (χ3v) is 11.0. The molecule has 0 bridgehead atoms. The van der Waals surface area contributed by atoms with Gasteiger partial charge in [-0.15, -0.1) is 11.3 Å². The zero-order chi connectivity index (χ0) is 32.5. The minimum Gasteiger partial charge on any atom is -0.481 e. The van der Waals surface area contributed by atoms with Crippen molar-refractivity contribution < 1.29 is 14.6 Å². The molecule has 0 saturated carbocycles. The Morgan fingerprint density at radius 1 is 1.04 bits per heavy atom. The Bertz CT molecular complexity index is 1910. The second-order valence-corrected chi connectivity index (χ2v) is 14.1. The second kappa shape index (κ2) is 13.1. The molecular weight excluding hydrogens is 613 g/mol. The standard InChI is InChI=1S/C36H40N6O4S/c1-39-16-12-29-33(39)38-24-42(35(29)44)23-36(45)14-18-41(19-15-36)34(43)28-13-17-40(22-30(28)25-6-4-3-5-7-25)21-27-9-10-31(47-27)26-8-11-32(46-2)37-20-26/h3-12,16,20,24,28,30,45H,13-15,17-19,21-23H2,1-2H3/t28-,30+/m1/s1. The van der Waals surface area contributed by atoms with Gasteiger partial charge in [0.05, 0.1) is 24.6 Å². The lowest BCUT2D eigenvalue weighted by atomic mass is 9.79. The first-order valence-corrected chi connectivity index (χ1v) is 17.0. The average Bonchev–Trinajstić information content (AvgIpc) is 3.73. The Morgan fingerprint density at radius 3 is 2.60 bits per heavy atom. The molecule has 7 rings (SSSR count). The van der Waals surface area contributed by atoms with E-state index in [0.29, 0.717) is 42.8 Å². The van der Waals surface area contributed by atoms with Crippen LogP contribution in [0.1, 0.15) is 35.6 Å². The van der Waals surface area contributed by atoms with Crippen LogP contribution in [0.4, 0.5) is 0 Å². The lowest BCUT2D eigenvalue weighted by Gasteiger charge is -2.43. The van der Waals surface area contributed by atoms with Crippen molar-refractivity contribution in [3.63, 3.8) is 0 Å². The van der Waals surface area contributed by atoms with Gasteiger partial charge in [0.25, 0.3) is 5.56 Å². The van der Waals surface area contributed by atoms with Crippen LogP contribution in [-0.4, -0.2) is 78.8 Å². The molecule has 2 atom stereocenters. The van der Waals surface area contributed by atoms with Crippen LogP contribution in [0, 0.1) is 5.92 Å². The molecular formula is C36H40N6O4S. The van der Waals surface area contributed by atoms with E-state index in [4.69, 9.17) is 4.74 Å². The third-order valence-electron chi connectivity index (χ3n) is 9.83. The van der Waals surface area contributed by atoms with Crippen LogP contribution in [0.15, 0.2) is 84.2 Å². The molecule has 2 aliphatic rings. The number of hydrogen-bond donors (Lipinski definition) is 1. The number of aliphatic hydroxyl groups is 1. The number of ether oxygens (including phenoxy) is 1. The summed E-state index contributed by atoms with van der Waals surface area (Å²) in [4.78, 5) is 42.8. The molecule has 0 unspecified atom stereocenters. The molecule has 6 heterocycles. The molecule has 0 radical (unpaired) electrons. The molecule has 11 heteroatoms. The van der Waals surface area contributed by atoms with Crippen LogP contribution in [0.5, 0.6) is 5.88 Å². The lowest BCUT2D eigenvalue weighted by molar-refractivity contribution is -0.142. The van der Waals surface area contributed by atoms with E-state index in [1.165, 1.54) is 26.2 Å². The van der Waals surface area contributed by atoms with Gasteiger partial charge in [-0.2, -0.15) is 0 Å². The van der Waals surface area contributed by atoms with Crippen LogP contribution in [0.3, 0.4) is 0 Å². The molecule has 1 aromatic carbocycles. The fraction of sp³-hybridized carbons (Fsp3) is 0.389. The number of thiophene rings is 1. The molecule has 5 aromatic rings. The average molecular weight is 653 g/mol. The lowest BCUT2D eigenvalue weighted by Crippen LogP contribution is -2.53. The normalized spacial score (nSPS) is 20.0. The first-order chi connectivity index (χ1) is 22.8. The molecule has 2 aliphatic heterocycles. The number of piperidine rings is 2. The van der Waals surface area contributed by atoms with Crippen LogP contribution < -0.4 is 10.3 Å². The van der Waals surface area contributed by atoms with E-state index in [-0.39, 0.29) is 29.8 Å². The van der Waals surface area contributed by atoms with E-state index in [2.05, 4.69) is 51.3 Å².